The fourth-order valence-corrected chi connectivity index (χ4v) is 9.65. The number of nitrogen functional groups attached to an aromatic ring is 3. The van der Waals surface area contributed by atoms with Crippen molar-refractivity contribution in [2.45, 2.75) is 59.7 Å². The Bertz CT molecular complexity index is 4450. The minimum Gasteiger partial charge on any atom is -0.399 e. The standard InChI is InChI=1S/2C19H13F2N5.C16H20BNO2.C9H5BrF2N4/c2*1-10-6-7-23-16-5-2-11(8-14(10)16)17-18(24-19(22)26-25-17)13-4-3-12(20)9-15(13)21;1-11-8-9-18-14-7-6-12(10-13(11)14)17-19-15(2,3)16(4,5)20-17;10-8-7(14-9(13)16-15-8)5-2-1-4(11)3-6(5)12/h2*2-9H,1H3,(H2,22,24,26);6-10H,1-5H3;1-3H,(H2,13,14,16). The SMILES string of the molecule is Cc1ccnc2ccc(-c3nnc(N)nc3-c3ccc(F)cc3F)cc12.Cc1ccnc2ccc(-c3nnc(N)nc3-c3ccc(F)cc3F)cc12.Cc1ccnc2ccc(B3OC(C)(C)C(C)(C)O3)cc12.Nc1nnc(Br)c(-c2ccc(F)cc2F)n1. The topological polar surface area (TPSA) is 251 Å². The predicted molar refractivity (Wildman–Crippen MR) is 330 cm³/mol. The number of halogens is 7. The first-order chi connectivity index (χ1) is 41.9. The highest BCUT2D eigenvalue weighted by Crippen LogP contribution is 2.38. The van der Waals surface area contributed by atoms with Crippen molar-refractivity contribution < 1.29 is 35.7 Å². The largest absolute Gasteiger partial charge is 0.494 e. The van der Waals surface area contributed by atoms with E-state index in [1.807, 2.05) is 86.8 Å². The first-order valence-electron chi connectivity index (χ1n) is 26.9. The lowest BCUT2D eigenvalue weighted by molar-refractivity contribution is 0.00578. The van der Waals surface area contributed by atoms with Crippen LogP contribution in [0, 0.1) is 55.7 Å². The number of benzene rings is 6. The second-order valence-electron chi connectivity index (χ2n) is 21.1. The minimum absolute atomic E-state index is 0.0816. The molecule has 0 saturated carbocycles. The van der Waals surface area contributed by atoms with Crippen LogP contribution in [-0.2, 0) is 9.31 Å². The molecule has 6 aromatic carbocycles. The quantitative estimate of drug-likeness (QED) is 0.103. The van der Waals surface area contributed by atoms with Crippen LogP contribution in [0.1, 0.15) is 44.4 Å². The van der Waals surface area contributed by atoms with Crippen molar-refractivity contribution in [3.8, 4) is 56.3 Å². The van der Waals surface area contributed by atoms with Crippen LogP contribution in [0.3, 0.4) is 0 Å². The first kappa shape index (κ1) is 61.1. The number of aromatic nitrogens is 12. The van der Waals surface area contributed by atoms with E-state index in [-0.39, 0.29) is 74.5 Å². The molecule has 6 N–H and O–H groups in total. The van der Waals surface area contributed by atoms with E-state index < -0.39 is 34.9 Å². The summed E-state index contributed by atoms with van der Waals surface area (Å²) in [7, 11) is -0.316. The third kappa shape index (κ3) is 13.2. The van der Waals surface area contributed by atoms with Crippen LogP contribution in [0.5, 0.6) is 0 Å². The summed E-state index contributed by atoms with van der Waals surface area (Å²) in [6.07, 6.45) is 5.31. The van der Waals surface area contributed by atoms with Gasteiger partial charge in [0.15, 0.2) is 4.60 Å². The molecule has 0 bridgehead atoms. The van der Waals surface area contributed by atoms with Gasteiger partial charge in [-0.2, -0.15) is 0 Å². The number of rotatable bonds is 6. The number of fused-ring (bicyclic) bond motifs is 3. The summed E-state index contributed by atoms with van der Waals surface area (Å²) in [4.78, 5) is 25.1. The molecule has 6 aromatic heterocycles. The highest BCUT2D eigenvalue weighted by Gasteiger charge is 2.51. The van der Waals surface area contributed by atoms with Gasteiger partial charge >= 0.3 is 7.12 Å². The normalized spacial score (nSPS) is 13.1. The van der Waals surface area contributed by atoms with Crippen molar-refractivity contribution in [2.24, 2.45) is 0 Å². The molecule has 1 aliphatic rings. The Kier molecular flexibility index (Phi) is 17.5. The molecule has 1 fully saturated rings. The Labute approximate surface area is 508 Å². The second kappa shape index (κ2) is 25.2. The molecule has 1 aliphatic heterocycles. The van der Waals surface area contributed by atoms with Gasteiger partial charge in [0.05, 0.1) is 27.8 Å². The maximum atomic E-state index is 14.3. The van der Waals surface area contributed by atoms with Crippen LogP contribution >= 0.6 is 15.9 Å². The smallest absolute Gasteiger partial charge is 0.399 e. The molecular formula is C63H51BBrF6N15O2. The van der Waals surface area contributed by atoms with Gasteiger partial charge in [0.25, 0.3) is 0 Å². The monoisotopic (exact) mass is 1250 g/mol. The Morgan fingerprint density at radius 1 is 0.398 bits per heavy atom. The molecule has 88 heavy (non-hydrogen) atoms. The fourth-order valence-electron chi connectivity index (χ4n) is 9.27. The lowest BCUT2D eigenvalue weighted by Crippen LogP contribution is -2.41. The van der Waals surface area contributed by atoms with Crippen molar-refractivity contribution in [2.75, 3.05) is 17.2 Å². The molecule has 7 heterocycles. The predicted octanol–water partition coefficient (Wildman–Crippen LogP) is 12.8. The van der Waals surface area contributed by atoms with Gasteiger partial charge in [0.1, 0.15) is 63.4 Å². The van der Waals surface area contributed by atoms with E-state index in [9.17, 15) is 26.3 Å². The number of nitrogens with two attached hydrogens (primary N) is 3. The Morgan fingerprint density at radius 3 is 1.15 bits per heavy atom. The maximum absolute atomic E-state index is 14.3. The van der Waals surface area contributed by atoms with Gasteiger partial charge in [-0.3, -0.25) is 15.0 Å². The van der Waals surface area contributed by atoms with Crippen molar-refractivity contribution >= 4 is 79.1 Å². The van der Waals surface area contributed by atoms with E-state index in [1.165, 1.54) is 23.8 Å². The van der Waals surface area contributed by atoms with Crippen LogP contribution in [0.2, 0.25) is 0 Å². The van der Waals surface area contributed by atoms with Crippen molar-refractivity contribution in [3.05, 3.63) is 202 Å². The summed E-state index contributed by atoms with van der Waals surface area (Å²) >= 11 is 3.07. The van der Waals surface area contributed by atoms with E-state index in [0.29, 0.717) is 22.5 Å². The molecule has 0 unspecified atom stereocenters. The van der Waals surface area contributed by atoms with E-state index in [4.69, 9.17) is 26.5 Å². The van der Waals surface area contributed by atoms with Crippen LogP contribution < -0.4 is 22.7 Å². The zero-order chi connectivity index (χ0) is 62.8. The van der Waals surface area contributed by atoms with Crippen molar-refractivity contribution in [1.29, 1.82) is 0 Å². The Morgan fingerprint density at radius 2 is 0.750 bits per heavy atom. The van der Waals surface area contributed by atoms with E-state index in [0.717, 1.165) is 85.7 Å². The van der Waals surface area contributed by atoms with Gasteiger partial charge in [-0.15, -0.1) is 30.6 Å². The van der Waals surface area contributed by atoms with Crippen molar-refractivity contribution in [3.63, 3.8) is 0 Å². The highest BCUT2D eigenvalue weighted by atomic mass is 79.9. The summed E-state index contributed by atoms with van der Waals surface area (Å²) in [6.45, 7) is 14.3. The molecular weight excluding hydrogens is 1200 g/mol. The van der Waals surface area contributed by atoms with Crippen LogP contribution in [0.4, 0.5) is 44.2 Å². The zero-order valence-corrected chi connectivity index (χ0v) is 49.6. The molecule has 0 amide bonds. The molecule has 12 aromatic rings. The third-order valence-electron chi connectivity index (χ3n) is 14.6. The zero-order valence-electron chi connectivity index (χ0n) is 48.0. The summed E-state index contributed by atoms with van der Waals surface area (Å²) in [6, 6.07) is 32.8. The first-order valence-corrected chi connectivity index (χ1v) is 27.7. The van der Waals surface area contributed by atoms with Crippen molar-refractivity contribution in [1.82, 2.24) is 60.5 Å². The summed E-state index contributed by atoms with van der Waals surface area (Å²) in [5.41, 5.74) is 26.0. The van der Waals surface area contributed by atoms with Gasteiger partial charge in [-0.05, 0) is 171 Å². The minimum atomic E-state index is -0.746. The third-order valence-corrected chi connectivity index (χ3v) is 15.1. The van der Waals surface area contributed by atoms with Gasteiger partial charge in [-0.25, -0.2) is 41.3 Å². The molecule has 0 radical (unpaired) electrons. The highest BCUT2D eigenvalue weighted by molar-refractivity contribution is 9.10. The second-order valence-corrected chi connectivity index (χ2v) is 21.9. The van der Waals surface area contributed by atoms with Gasteiger partial charge in [-0.1, -0.05) is 24.3 Å². The van der Waals surface area contributed by atoms with Crippen LogP contribution in [-0.4, -0.2) is 78.8 Å². The van der Waals surface area contributed by atoms with Crippen LogP contribution in [0.15, 0.2) is 151 Å². The fraction of sp³-hybridized carbons (Fsp3) is 0.143. The van der Waals surface area contributed by atoms with Crippen LogP contribution in [0.25, 0.3) is 89.0 Å². The molecule has 442 valence electrons. The summed E-state index contributed by atoms with van der Waals surface area (Å²) < 4.78 is 93.7. The van der Waals surface area contributed by atoms with E-state index in [1.54, 1.807) is 12.4 Å². The summed E-state index contributed by atoms with van der Waals surface area (Å²) in [5.74, 6) is -4.49. The number of aryl methyl sites for hydroxylation is 3. The average Bonchev–Trinajstić information content (AvgIpc) is 2.85. The van der Waals surface area contributed by atoms with E-state index in [2.05, 4.69) is 117 Å². The molecule has 0 atom stereocenters. The number of nitrogens with zero attached hydrogens (tertiary/aromatic N) is 12. The number of hydrogen-bond donors (Lipinski definition) is 3. The summed E-state index contributed by atoms with van der Waals surface area (Å²) in [5, 5.41) is 26.0. The van der Waals surface area contributed by atoms with Gasteiger partial charge in [0.2, 0.25) is 17.8 Å². The number of hydrogen-bond acceptors (Lipinski definition) is 17. The number of pyridine rings is 3. The van der Waals surface area contributed by atoms with Gasteiger partial charge in [0, 0.05) is 80.8 Å². The molecule has 17 nitrogen and oxygen atoms in total. The molecule has 13 rings (SSSR count). The maximum Gasteiger partial charge on any atom is 0.494 e. The number of anilines is 3. The Balaban J connectivity index is 0.000000132. The lowest BCUT2D eigenvalue weighted by atomic mass is 9.78. The lowest BCUT2D eigenvalue weighted by Gasteiger charge is -2.32. The van der Waals surface area contributed by atoms with Gasteiger partial charge < -0.3 is 26.5 Å². The average molecular weight is 1250 g/mol. The molecule has 0 spiro atoms. The molecule has 0 aliphatic carbocycles. The molecule has 1 saturated heterocycles. The Hall–Kier alpha value is -9.98. The van der Waals surface area contributed by atoms with E-state index >= 15 is 0 Å². The molecule has 25 heteroatoms.